The van der Waals surface area contributed by atoms with Crippen molar-refractivity contribution >= 4 is 5.97 Å². The molecule has 0 amide bonds. The van der Waals surface area contributed by atoms with Crippen molar-refractivity contribution in [1.29, 1.82) is 0 Å². The van der Waals surface area contributed by atoms with Crippen molar-refractivity contribution in [3.05, 3.63) is 34.9 Å². The summed E-state index contributed by atoms with van der Waals surface area (Å²) in [4.78, 5) is 10.7. The summed E-state index contributed by atoms with van der Waals surface area (Å²) in [7, 11) is 0. The third kappa shape index (κ3) is 1.30. The fourth-order valence-electron chi connectivity index (χ4n) is 1.97. The molecule has 14 heavy (non-hydrogen) atoms. The minimum absolute atomic E-state index is 0.118. The van der Waals surface area contributed by atoms with Crippen LogP contribution in [-0.2, 0) is 6.42 Å². The van der Waals surface area contributed by atoms with E-state index in [9.17, 15) is 9.90 Å². The molecular weight excluding hydrogens is 180 g/mol. The van der Waals surface area contributed by atoms with Crippen molar-refractivity contribution in [3.63, 3.8) is 0 Å². The van der Waals surface area contributed by atoms with Gasteiger partial charge in [0.1, 0.15) is 0 Å². The number of hydrogen-bond donors (Lipinski definition) is 2. The lowest BCUT2D eigenvalue weighted by Gasteiger charge is -2.07. The number of fused-ring (bicyclic) bond motifs is 1. The van der Waals surface area contributed by atoms with Gasteiger partial charge >= 0.3 is 5.97 Å². The summed E-state index contributed by atoms with van der Waals surface area (Å²) in [6, 6.07) is 5.06. The van der Waals surface area contributed by atoms with E-state index >= 15 is 0 Å². The Hall–Kier alpha value is -1.35. The number of benzene rings is 1. The second-order valence-electron chi connectivity index (χ2n) is 3.78. The van der Waals surface area contributed by atoms with Gasteiger partial charge in [-0.2, -0.15) is 0 Å². The van der Waals surface area contributed by atoms with Crippen LogP contribution in [0.5, 0.6) is 0 Å². The van der Waals surface area contributed by atoms with Crippen LogP contribution < -0.4 is 0 Å². The highest BCUT2D eigenvalue weighted by atomic mass is 16.4. The van der Waals surface area contributed by atoms with Gasteiger partial charge in [0, 0.05) is 5.92 Å². The van der Waals surface area contributed by atoms with Crippen LogP contribution in [0.3, 0.4) is 0 Å². The van der Waals surface area contributed by atoms with Crippen molar-refractivity contribution in [2.75, 3.05) is 0 Å². The normalized spacial score (nSPS) is 24.7. The number of aliphatic hydroxyl groups is 1. The van der Waals surface area contributed by atoms with Crippen LogP contribution >= 0.6 is 0 Å². The molecule has 2 atom stereocenters. The summed E-state index contributed by atoms with van der Waals surface area (Å²) in [6.07, 6.45) is 0.200. The smallest absolute Gasteiger partial charge is 0.335 e. The maximum atomic E-state index is 10.7. The zero-order valence-electron chi connectivity index (χ0n) is 7.90. The average molecular weight is 192 g/mol. The lowest BCUT2D eigenvalue weighted by atomic mass is 10.0. The molecule has 2 rings (SSSR count). The first-order valence-electron chi connectivity index (χ1n) is 4.64. The molecule has 1 aliphatic rings. The molecule has 0 fully saturated rings. The molecule has 3 heteroatoms. The second kappa shape index (κ2) is 3.10. The maximum Gasteiger partial charge on any atom is 0.335 e. The van der Waals surface area contributed by atoms with Gasteiger partial charge in [0.2, 0.25) is 0 Å². The number of aliphatic hydroxyl groups excluding tert-OH is 1. The molecule has 0 saturated carbocycles. The standard InChI is InChI=1S/C11H12O3/c1-6-9-3-2-7(11(13)14)4-8(9)5-10(6)12/h2-4,6,10,12H,5H2,1H3,(H,13,14)/t6-,10-/m1/s1. The first-order valence-corrected chi connectivity index (χ1v) is 4.64. The first kappa shape index (κ1) is 9.21. The lowest BCUT2D eigenvalue weighted by molar-refractivity contribution is 0.0696. The van der Waals surface area contributed by atoms with E-state index < -0.39 is 5.97 Å². The number of rotatable bonds is 1. The Morgan fingerprint density at radius 3 is 2.86 bits per heavy atom. The van der Waals surface area contributed by atoms with Crippen molar-refractivity contribution in [3.8, 4) is 0 Å². The molecular formula is C11H12O3. The van der Waals surface area contributed by atoms with Crippen molar-refractivity contribution in [2.45, 2.75) is 25.4 Å². The fourth-order valence-corrected chi connectivity index (χ4v) is 1.97. The Labute approximate surface area is 82.0 Å². The van der Waals surface area contributed by atoms with E-state index in [2.05, 4.69) is 0 Å². The Morgan fingerprint density at radius 2 is 2.21 bits per heavy atom. The molecule has 1 aromatic rings. The largest absolute Gasteiger partial charge is 0.478 e. The number of carbonyl (C=O) groups is 1. The number of carboxylic acids is 1. The quantitative estimate of drug-likeness (QED) is 0.707. The highest BCUT2D eigenvalue weighted by Crippen LogP contribution is 2.33. The van der Waals surface area contributed by atoms with E-state index in [4.69, 9.17) is 5.11 Å². The molecule has 74 valence electrons. The molecule has 0 bridgehead atoms. The fraction of sp³-hybridized carbons (Fsp3) is 0.364. The van der Waals surface area contributed by atoms with Gasteiger partial charge in [0.25, 0.3) is 0 Å². The molecule has 0 spiro atoms. The highest BCUT2D eigenvalue weighted by Gasteiger charge is 2.27. The Morgan fingerprint density at radius 1 is 1.50 bits per heavy atom. The minimum Gasteiger partial charge on any atom is -0.478 e. The van der Waals surface area contributed by atoms with E-state index in [1.807, 2.05) is 6.92 Å². The summed E-state index contributed by atoms with van der Waals surface area (Å²) in [5, 5.41) is 18.4. The number of carboxylic acid groups (broad SMARTS) is 1. The van der Waals surface area contributed by atoms with E-state index in [1.54, 1.807) is 18.2 Å². The van der Waals surface area contributed by atoms with Gasteiger partial charge < -0.3 is 10.2 Å². The van der Waals surface area contributed by atoms with Gasteiger partial charge in [-0.05, 0) is 29.7 Å². The van der Waals surface area contributed by atoms with Crippen LogP contribution in [0, 0.1) is 0 Å². The third-order valence-electron chi connectivity index (χ3n) is 2.89. The monoisotopic (exact) mass is 192 g/mol. The van der Waals surface area contributed by atoms with E-state index in [0.29, 0.717) is 12.0 Å². The summed E-state index contributed by atoms with van der Waals surface area (Å²) in [5.41, 5.74) is 2.33. The molecule has 2 N–H and O–H groups in total. The second-order valence-corrected chi connectivity index (χ2v) is 3.78. The predicted octanol–water partition coefficient (Wildman–Crippen LogP) is 1.41. The SMILES string of the molecule is C[C@@H]1c2ccc(C(=O)O)cc2C[C@H]1O. The van der Waals surface area contributed by atoms with E-state index in [-0.39, 0.29) is 12.0 Å². The van der Waals surface area contributed by atoms with E-state index in [0.717, 1.165) is 11.1 Å². The molecule has 1 aliphatic carbocycles. The molecule has 0 radical (unpaired) electrons. The van der Waals surface area contributed by atoms with Gasteiger partial charge in [-0.3, -0.25) is 0 Å². The van der Waals surface area contributed by atoms with Crippen LogP contribution in [0.2, 0.25) is 0 Å². The van der Waals surface area contributed by atoms with Crippen molar-refractivity contribution < 1.29 is 15.0 Å². The van der Waals surface area contributed by atoms with E-state index in [1.165, 1.54) is 0 Å². The zero-order chi connectivity index (χ0) is 10.3. The Kier molecular flexibility index (Phi) is 2.04. The van der Waals surface area contributed by atoms with Crippen molar-refractivity contribution in [2.24, 2.45) is 0 Å². The maximum absolute atomic E-state index is 10.7. The molecule has 0 aromatic heterocycles. The summed E-state index contributed by atoms with van der Waals surface area (Å²) >= 11 is 0. The van der Waals surface area contributed by atoms with Crippen molar-refractivity contribution in [1.82, 2.24) is 0 Å². The molecule has 0 heterocycles. The number of hydrogen-bond acceptors (Lipinski definition) is 2. The summed E-state index contributed by atoms with van der Waals surface area (Å²) in [6.45, 7) is 1.96. The minimum atomic E-state index is -0.915. The average Bonchev–Trinajstić information content (AvgIpc) is 2.42. The summed E-state index contributed by atoms with van der Waals surface area (Å²) in [5.74, 6) is -0.797. The van der Waals surface area contributed by atoms with Gasteiger partial charge in [-0.25, -0.2) is 4.79 Å². The van der Waals surface area contributed by atoms with Crippen LogP contribution in [-0.4, -0.2) is 22.3 Å². The molecule has 3 nitrogen and oxygen atoms in total. The van der Waals surface area contributed by atoms with Crippen LogP contribution in [0.4, 0.5) is 0 Å². The molecule has 0 aliphatic heterocycles. The Balaban J connectivity index is 2.44. The number of aromatic carboxylic acids is 1. The van der Waals surface area contributed by atoms with Gasteiger partial charge in [-0.1, -0.05) is 13.0 Å². The summed E-state index contributed by atoms with van der Waals surface area (Å²) < 4.78 is 0. The topological polar surface area (TPSA) is 57.5 Å². The highest BCUT2D eigenvalue weighted by molar-refractivity contribution is 5.88. The molecule has 0 unspecified atom stereocenters. The zero-order valence-corrected chi connectivity index (χ0v) is 7.90. The lowest BCUT2D eigenvalue weighted by Crippen LogP contribution is -2.09. The Bertz CT molecular complexity index is 384. The predicted molar refractivity (Wildman–Crippen MR) is 51.5 cm³/mol. The molecule has 1 aromatic carbocycles. The van der Waals surface area contributed by atoms with Crippen LogP contribution in [0.25, 0.3) is 0 Å². The van der Waals surface area contributed by atoms with Gasteiger partial charge in [0.05, 0.1) is 11.7 Å². The van der Waals surface area contributed by atoms with Gasteiger partial charge in [-0.15, -0.1) is 0 Å². The van der Waals surface area contributed by atoms with Crippen LogP contribution in [0.15, 0.2) is 18.2 Å². The van der Waals surface area contributed by atoms with Gasteiger partial charge in [0.15, 0.2) is 0 Å². The van der Waals surface area contributed by atoms with Crippen LogP contribution in [0.1, 0.15) is 34.3 Å². The first-order chi connectivity index (χ1) is 6.59. The third-order valence-corrected chi connectivity index (χ3v) is 2.89. The molecule has 0 saturated heterocycles.